The Morgan fingerprint density at radius 1 is 1.47 bits per heavy atom. The van der Waals surface area contributed by atoms with E-state index >= 15 is 0 Å². The smallest absolute Gasteiger partial charge is 0.308 e. The van der Waals surface area contributed by atoms with E-state index in [4.69, 9.17) is 9.84 Å². The summed E-state index contributed by atoms with van der Waals surface area (Å²) >= 11 is 0. The summed E-state index contributed by atoms with van der Waals surface area (Å²) in [4.78, 5) is 11.0. The summed E-state index contributed by atoms with van der Waals surface area (Å²) in [6.07, 6.45) is 0. The summed E-state index contributed by atoms with van der Waals surface area (Å²) in [5.74, 6) is -0.298. The van der Waals surface area contributed by atoms with Gasteiger partial charge in [0, 0.05) is 18.3 Å². The maximum atomic E-state index is 11.0. The van der Waals surface area contributed by atoms with Crippen LogP contribution < -0.4 is 10.1 Å². The monoisotopic (exact) mass is 237 g/mol. The summed E-state index contributed by atoms with van der Waals surface area (Å²) < 4.78 is 5.10. The van der Waals surface area contributed by atoms with Crippen LogP contribution in [0.5, 0.6) is 5.75 Å². The summed E-state index contributed by atoms with van der Waals surface area (Å²) in [5.41, 5.74) is 0.872. The molecule has 0 aliphatic carbocycles. The normalized spacial score (nSPS) is 12.2. The highest BCUT2D eigenvalue weighted by atomic mass is 16.5. The number of rotatable bonds is 6. The molecule has 1 aromatic rings. The van der Waals surface area contributed by atoms with Crippen molar-refractivity contribution in [3.63, 3.8) is 0 Å². The van der Waals surface area contributed by atoms with Crippen LogP contribution in [0.2, 0.25) is 0 Å². The van der Waals surface area contributed by atoms with Gasteiger partial charge in [0.2, 0.25) is 0 Å². The van der Waals surface area contributed by atoms with Gasteiger partial charge in [-0.15, -0.1) is 0 Å². The van der Waals surface area contributed by atoms with Crippen LogP contribution in [0.25, 0.3) is 0 Å². The van der Waals surface area contributed by atoms with E-state index < -0.39 is 5.97 Å². The quantitative estimate of drug-likeness (QED) is 0.798. The van der Waals surface area contributed by atoms with E-state index in [1.54, 1.807) is 7.11 Å². The first-order chi connectivity index (χ1) is 8.04. The molecule has 1 unspecified atom stereocenters. The van der Waals surface area contributed by atoms with E-state index in [0.29, 0.717) is 6.54 Å². The van der Waals surface area contributed by atoms with Crippen molar-refractivity contribution >= 4 is 11.7 Å². The number of carboxylic acids is 1. The van der Waals surface area contributed by atoms with Crippen molar-refractivity contribution in [2.75, 3.05) is 19.0 Å². The summed E-state index contributed by atoms with van der Waals surface area (Å²) in [7, 11) is 1.60. The molecule has 0 bridgehead atoms. The fraction of sp³-hybridized carbons (Fsp3) is 0.462. The van der Waals surface area contributed by atoms with Gasteiger partial charge in [0.1, 0.15) is 5.75 Å². The Hall–Kier alpha value is -1.71. The first-order valence-electron chi connectivity index (χ1n) is 5.65. The predicted molar refractivity (Wildman–Crippen MR) is 67.4 cm³/mol. The van der Waals surface area contributed by atoms with Crippen LogP contribution in [-0.4, -0.2) is 24.7 Å². The van der Waals surface area contributed by atoms with E-state index in [2.05, 4.69) is 5.32 Å². The number of methoxy groups -OCH3 is 1. The van der Waals surface area contributed by atoms with Crippen molar-refractivity contribution < 1.29 is 14.6 Å². The highest BCUT2D eigenvalue weighted by Crippen LogP contribution is 2.18. The summed E-state index contributed by atoms with van der Waals surface area (Å²) in [6.45, 7) is 4.23. The lowest BCUT2D eigenvalue weighted by atomic mass is 9.96. The second-order valence-corrected chi connectivity index (χ2v) is 4.30. The van der Waals surface area contributed by atoms with Gasteiger partial charge in [-0.25, -0.2) is 0 Å². The van der Waals surface area contributed by atoms with Crippen molar-refractivity contribution in [3.8, 4) is 5.75 Å². The Morgan fingerprint density at radius 2 is 2.18 bits per heavy atom. The molecular formula is C13H19NO3. The van der Waals surface area contributed by atoms with E-state index in [1.807, 2.05) is 38.1 Å². The lowest BCUT2D eigenvalue weighted by Crippen LogP contribution is -2.27. The first kappa shape index (κ1) is 13.4. The third-order valence-corrected chi connectivity index (χ3v) is 2.72. The Labute approximate surface area is 102 Å². The van der Waals surface area contributed by atoms with Crippen molar-refractivity contribution in [1.29, 1.82) is 0 Å². The average molecular weight is 237 g/mol. The Kier molecular flexibility index (Phi) is 4.82. The highest BCUT2D eigenvalue weighted by molar-refractivity contribution is 5.71. The van der Waals surface area contributed by atoms with E-state index in [9.17, 15) is 4.79 Å². The van der Waals surface area contributed by atoms with E-state index in [0.717, 1.165) is 11.4 Å². The number of carbonyl (C=O) groups is 1. The number of hydrogen-bond acceptors (Lipinski definition) is 3. The minimum Gasteiger partial charge on any atom is -0.497 e. The van der Waals surface area contributed by atoms with Crippen LogP contribution in [0.4, 0.5) is 5.69 Å². The summed E-state index contributed by atoms with van der Waals surface area (Å²) in [5, 5.41) is 12.2. The molecule has 0 fully saturated rings. The van der Waals surface area contributed by atoms with Gasteiger partial charge in [-0.1, -0.05) is 19.9 Å². The molecule has 2 N–H and O–H groups in total. The molecule has 4 nitrogen and oxygen atoms in total. The van der Waals surface area contributed by atoms with Gasteiger partial charge in [-0.05, 0) is 18.1 Å². The topological polar surface area (TPSA) is 58.6 Å². The molecule has 0 aliphatic rings. The van der Waals surface area contributed by atoms with E-state index in [-0.39, 0.29) is 11.8 Å². The highest BCUT2D eigenvalue weighted by Gasteiger charge is 2.20. The fourth-order valence-electron chi connectivity index (χ4n) is 1.57. The molecule has 0 saturated heterocycles. The van der Waals surface area contributed by atoms with Crippen LogP contribution >= 0.6 is 0 Å². The van der Waals surface area contributed by atoms with Gasteiger partial charge < -0.3 is 15.2 Å². The zero-order chi connectivity index (χ0) is 12.8. The largest absolute Gasteiger partial charge is 0.497 e. The van der Waals surface area contributed by atoms with Gasteiger partial charge in [-0.3, -0.25) is 4.79 Å². The lowest BCUT2D eigenvalue weighted by molar-refractivity contribution is -0.142. The van der Waals surface area contributed by atoms with Crippen molar-refractivity contribution in [2.45, 2.75) is 13.8 Å². The van der Waals surface area contributed by atoms with Crippen LogP contribution in [0.3, 0.4) is 0 Å². The molecule has 0 heterocycles. The lowest BCUT2D eigenvalue weighted by Gasteiger charge is -2.17. The number of carboxylic acid groups (broad SMARTS) is 1. The molecular weight excluding hydrogens is 218 g/mol. The van der Waals surface area contributed by atoms with Gasteiger partial charge in [0.25, 0.3) is 0 Å². The molecule has 0 aromatic heterocycles. The molecule has 1 aromatic carbocycles. The van der Waals surface area contributed by atoms with Crippen LogP contribution in [0, 0.1) is 11.8 Å². The molecule has 0 saturated carbocycles. The predicted octanol–water partition coefficient (Wildman–Crippen LogP) is 2.46. The standard InChI is InChI=1S/C13H19NO3/c1-9(2)12(13(15)16)8-14-10-5-4-6-11(7-10)17-3/h4-7,9,12,14H,8H2,1-3H3,(H,15,16). The number of anilines is 1. The molecule has 1 atom stereocenters. The molecule has 0 radical (unpaired) electrons. The molecule has 4 heteroatoms. The first-order valence-corrected chi connectivity index (χ1v) is 5.65. The number of hydrogen-bond donors (Lipinski definition) is 2. The third-order valence-electron chi connectivity index (χ3n) is 2.72. The molecule has 0 spiro atoms. The molecule has 94 valence electrons. The molecule has 0 aliphatic heterocycles. The molecule has 0 amide bonds. The maximum Gasteiger partial charge on any atom is 0.308 e. The Balaban J connectivity index is 2.62. The van der Waals surface area contributed by atoms with Crippen molar-refractivity contribution in [1.82, 2.24) is 0 Å². The minimum atomic E-state index is -0.768. The van der Waals surface area contributed by atoms with Crippen LogP contribution in [0.15, 0.2) is 24.3 Å². The average Bonchev–Trinajstić information content (AvgIpc) is 2.28. The zero-order valence-electron chi connectivity index (χ0n) is 10.4. The molecule has 1 rings (SSSR count). The fourth-order valence-corrected chi connectivity index (χ4v) is 1.57. The summed E-state index contributed by atoms with van der Waals surface area (Å²) in [6, 6.07) is 7.45. The second-order valence-electron chi connectivity index (χ2n) is 4.30. The van der Waals surface area contributed by atoms with Gasteiger partial charge in [-0.2, -0.15) is 0 Å². The van der Waals surface area contributed by atoms with Crippen molar-refractivity contribution in [2.24, 2.45) is 11.8 Å². The number of nitrogens with one attached hydrogen (secondary N) is 1. The number of ether oxygens (including phenoxy) is 1. The van der Waals surface area contributed by atoms with Gasteiger partial charge in [0.15, 0.2) is 0 Å². The maximum absolute atomic E-state index is 11.0. The Bertz CT molecular complexity index is 377. The SMILES string of the molecule is COc1cccc(NCC(C(=O)O)C(C)C)c1. The number of benzene rings is 1. The minimum absolute atomic E-state index is 0.102. The van der Waals surface area contributed by atoms with Gasteiger partial charge >= 0.3 is 5.97 Å². The van der Waals surface area contributed by atoms with Gasteiger partial charge in [0.05, 0.1) is 13.0 Å². The van der Waals surface area contributed by atoms with Crippen molar-refractivity contribution in [3.05, 3.63) is 24.3 Å². The Morgan fingerprint density at radius 3 is 2.71 bits per heavy atom. The number of aliphatic carboxylic acids is 1. The molecule has 17 heavy (non-hydrogen) atoms. The van der Waals surface area contributed by atoms with Crippen LogP contribution in [-0.2, 0) is 4.79 Å². The zero-order valence-corrected chi connectivity index (χ0v) is 10.4. The second kappa shape index (κ2) is 6.13. The van der Waals surface area contributed by atoms with E-state index in [1.165, 1.54) is 0 Å². The third kappa shape index (κ3) is 3.98. The van der Waals surface area contributed by atoms with Crippen LogP contribution in [0.1, 0.15) is 13.8 Å².